The first-order valence-corrected chi connectivity index (χ1v) is 5.03. The van der Waals surface area contributed by atoms with Crippen LogP contribution in [-0.4, -0.2) is 37.4 Å². The predicted octanol–water partition coefficient (Wildman–Crippen LogP) is -2.10. The fourth-order valence-corrected chi connectivity index (χ4v) is 2.02. The molecule has 0 spiro atoms. The van der Waals surface area contributed by atoms with Gasteiger partial charge in [-0.2, -0.15) is 0 Å². The molecule has 0 bridgehead atoms. The maximum atomic E-state index is 9.41. The Hall–Kier alpha value is -0.120. The molecule has 1 aliphatic heterocycles. The number of likely N-dealkylation sites (tertiary alicyclic amines) is 1. The van der Waals surface area contributed by atoms with Gasteiger partial charge in [0.25, 0.3) is 0 Å². The molecule has 3 nitrogen and oxygen atoms in total. The zero-order chi connectivity index (χ0) is 8.97. The van der Waals surface area contributed by atoms with Gasteiger partial charge in [-0.25, -0.2) is 0 Å². The van der Waals surface area contributed by atoms with Crippen LogP contribution in [0.25, 0.3) is 0 Å². The molecule has 1 heterocycles. The van der Waals surface area contributed by atoms with Crippen LogP contribution in [0.3, 0.4) is 0 Å². The van der Waals surface area contributed by atoms with Crippen molar-refractivity contribution in [2.75, 3.05) is 26.2 Å². The molecule has 0 aromatic heterocycles. The first-order chi connectivity index (χ1) is 5.72. The highest BCUT2D eigenvalue weighted by molar-refractivity contribution is 4.57. The lowest BCUT2D eigenvalue weighted by Gasteiger charge is -2.28. The van der Waals surface area contributed by atoms with Gasteiger partial charge in [-0.3, -0.25) is 0 Å². The van der Waals surface area contributed by atoms with E-state index in [0.717, 1.165) is 12.5 Å². The molecule has 1 unspecified atom stereocenters. The zero-order valence-corrected chi connectivity index (χ0v) is 8.05. The number of piperidine rings is 1. The minimum atomic E-state index is -0.190. The smallest absolute Gasteiger partial charge is 0.151 e. The molecular formula is C9H22N2O+2. The fourth-order valence-electron chi connectivity index (χ4n) is 2.02. The summed E-state index contributed by atoms with van der Waals surface area (Å²) in [5.74, 6) is 0.839. The molecule has 3 atom stereocenters. The van der Waals surface area contributed by atoms with Crippen LogP contribution in [0.5, 0.6) is 0 Å². The van der Waals surface area contributed by atoms with Crippen LogP contribution >= 0.6 is 0 Å². The maximum Gasteiger partial charge on any atom is 0.151 e. The molecular weight excluding hydrogens is 152 g/mol. The van der Waals surface area contributed by atoms with Crippen molar-refractivity contribution in [3.05, 3.63) is 0 Å². The molecule has 12 heavy (non-hydrogen) atoms. The van der Waals surface area contributed by atoms with Gasteiger partial charge in [0.1, 0.15) is 13.1 Å². The van der Waals surface area contributed by atoms with E-state index in [4.69, 9.17) is 0 Å². The van der Waals surface area contributed by atoms with Crippen molar-refractivity contribution in [3.8, 4) is 0 Å². The van der Waals surface area contributed by atoms with Gasteiger partial charge in [0.2, 0.25) is 0 Å². The van der Waals surface area contributed by atoms with Gasteiger partial charge in [-0.1, -0.05) is 6.92 Å². The summed E-state index contributed by atoms with van der Waals surface area (Å²) in [5.41, 5.74) is 3.71. The quantitative estimate of drug-likeness (QED) is 0.451. The van der Waals surface area contributed by atoms with Crippen LogP contribution in [0.1, 0.15) is 19.8 Å². The van der Waals surface area contributed by atoms with Gasteiger partial charge in [-0.15, -0.1) is 0 Å². The first kappa shape index (κ1) is 9.96. The van der Waals surface area contributed by atoms with Gasteiger partial charge in [0, 0.05) is 5.92 Å². The standard InChI is InChI=1S/C9H20N2O/c1-8-3-2-4-11(6-8)7-9(12)5-10/h8-9,12H,2-7,10H2,1H3/p+2/t8-,9+/m0/s1. The van der Waals surface area contributed by atoms with Crippen molar-refractivity contribution in [1.82, 2.24) is 0 Å². The van der Waals surface area contributed by atoms with Crippen LogP contribution in [0.15, 0.2) is 0 Å². The molecule has 0 aliphatic carbocycles. The summed E-state index contributed by atoms with van der Waals surface area (Å²) >= 11 is 0. The number of hydrogen-bond acceptors (Lipinski definition) is 1. The van der Waals surface area contributed by atoms with Gasteiger partial charge in [-0.05, 0) is 12.8 Å². The summed E-state index contributed by atoms with van der Waals surface area (Å²) in [6.07, 6.45) is 2.50. The fraction of sp³-hybridized carbons (Fsp3) is 1.00. The predicted molar refractivity (Wildman–Crippen MR) is 47.7 cm³/mol. The molecule has 1 rings (SSSR count). The Morgan fingerprint density at radius 3 is 3.00 bits per heavy atom. The molecule has 0 aromatic rings. The molecule has 3 heteroatoms. The molecule has 0 aromatic carbocycles. The van der Waals surface area contributed by atoms with Crippen molar-refractivity contribution >= 4 is 0 Å². The summed E-state index contributed by atoms with van der Waals surface area (Å²) in [5, 5.41) is 9.41. The minimum Gasteiger partial charge on any atom is -0.382 e. The third-order valence-corrected chi connectivity index (χ3v) is 2.72. The van der Waals surface area contributed by atoms with Crippen LogP contribution in [0, 0.1) is 5.92 Å². The largest absolute Gasteiger partial charge is 0.382 e. The van der Waals surface area contributed by atoms with Crippen LogP contribution in [0.4, 0.5) is 0 Å². The van der Waals surface area contributed by atoms with Crippen molar-refractivity contribution in [2.24, 2.45) is 5.92 Å². The van der Waals surface area contributed by atoms with Crippen LogP contribution in [-0.2, 0) is 0 Å². The second kappa shape index (κ2) is 4.80. The Morgan fingerprint density at radius 2 is 2.42 bits per heavy atom. The first-order valence-electron chi connectivity index (χ1n) is 5.03. The lowest BCUT2D eigenvalue weighted by atomic mass is 10.00. The molecule has 0 radical (unpaired) electrons. The molecule has 1 fully saturated rings. The summed E-state index contributed by atoms with van der Waals surface area (Å²) < 4.78 is 0. The number of aliphatic hydroxyl groups is 1. The van der Waals surface area contributed by atoms with E-state index in [0.29, 0.717) is 6.54 Å². The summed E-state index contributed by atoms with van der Waals surface area (Å²) in [6.45, 7) is 6.32. The highest BCUT2D eigenvalue weighted by Gasteiger charge is 2.21. The topological polar surface area (TPSA) is 52.3 Å². The monoisotopic (exact) mass is 174 g/mol. The Labute approximate surface area is 74.5 Å². The van der Waals surface area contributed by atoms with Gasteiger partial charge in [0.05, 0.1) is 13.1 Å². The number of aliphatic hydroxyl groups excluding tert-OH is 1. The van der Waals surface area contributed by atoms with Crippen molar-refractivity contribution < 1.29 is 15.7 Å². The molecule has 1 saturated heterocycles. The summed E-state index contributed by atoms with van der Waals surface area (Å²) in [7, 11) is 0. The average molecular weight is 174 g/mol. The Balaban J connectivity index is 2.22. The van der Waals surface area contributed by atoms with E-state index in [1.54, 1.807) is 4.90 Å². The highest BCUT2D eigenvalue weighted by atomic mass is 16.3. The third kappa shape index (κ3) is 3.09. The van der Waals surface area contributed by atoms with Crippen LogP contribution < -0.4 is 10.6 Å². The van der Waals surface area contributed by atoms with E-state index < -0.39 is 0 Å². The molecule has 0 amide bonds. The van der Waals surface area contributed by atoms with E-state index in [-0.39, 0.29) is 6.10 Å². The SMILES string of the molecule is C[C@H]1CCC[NH+](C[C@H](O)C[NH3+])C1. The Kier molecular flexibility index (Phi) is 3.98. The second-order valence-electron chi connectivity index (χ2n) is 4.10. The van der Waals surface area contributed by atoms with E-state index in [9.17, 15) is 5.11 Å². The van der Waals surface area contributed by atoms with Gasteiger partial charge < -0.3 is 15.7 Å². The molecule has 1 aliphatic rings. The number of hydrogen-bond donors (Lipinski definition) is 3. The molecule has 0 saturated carbocycles. The number of quaternary nitrogens is 2. The van der Waals surface area contributed by atoms with Gasteiger partial charge >= 0.3 is 0 Å². The normalized spacial score (nSPS) is 33.2. The highest BCUT2D eigenvalue weighted by Crippen LogP contribution is 2.04. The molecule has 72 valence electrons. The van der Waals surface area contributed by atoms with E-state index in [1.807, 2.05) is 0 Å². The Bertz CT molecular complexity index is 130. The maximum absolute atomic E-state index is 9.41. The minimum absolute atomic E-state index is 0.190. The summed E-state index contributed by atoms with van der Waals surface area (Å²) in [4.78, 5) is 1.56. The van der Waals surface area contributed by atoms with E-state index >= 15 is 0 Å². The van der Waals surface area contributed by atoms with Gasteiger partial charge in [0.15, 0.2) is 6.10 Å². The summed E-state index contributed by atoms with van der Waals surface area (Å²) in [6, 6.07) is 0. The lowest BCUT2D eigenvalue weighted by molar-refractivity contribution is -0.912. The zero-order valence-electron chi connectivity index (χ0n) is 8.05. The molecule has 5 N–H and O–H groups in total. The lowest BCUT2D eigenvalue weighted by Crippen LogP contribution is -3.14. The van der Waals surface area contributed by atoms with E-state index in [1.165, 1.54) is 25.9 Å². The average Bonchev–Trinajstić information content (AvgIpc) is 2.04. The Morgan fingerprint density at radius 1 is 1.67 bits per heavy atom. The third-order valence-electron chi connectivity index (χ3n) is 2.72. The van der Waals surface area contributed by atoms with Crippen molar-refractivity contribution in [2.45, 2.75) is 25.9 Å². The van der Waals surface area contributed by atoms with Crippen molar-refractivity contribution in [1.29, 1.82) is 0 Å². The van der Waals surface area contributed by atoms with Crippen molar-refractivity contribution in [3.63, 3.8) is 0 Å². The van der Waals surface area contributed by atoms with Crippen LogP contribution in [0.2, 0.25) is 0 Å². The second-order valence-corrected chi connectivity index (χ2v) is 4.10. The van der Waals surface area contributed by atoms with E-state index in [2.05, 4.69) is 12.7 Å². The number of rotatable bonds is 3. The number of nitrogens with one attached hydrogen (secondary N) is 1.